The molecule has 1 aliphatic carbocycles. The van der Waals surface area contributed by atoms with Gasteiger partial charge in [0.2, 0.25) is 0 Å². The fraction of sp³-hybridized carbons (Fsp3) is 1.00. The highest BCUT2D eigenvalue weighted by atomic mass is 35.5. The average Bonchev–Trinajstić information content (AvgIpc) is 1.64. The summed E-state index contributed by atoms with van der Waals surface area (Å²) >= 11 is 0. The lowest BCUT2D eigenvalue weighted by molar-refractivity contribution is 0.161. The normalized spacial score (nSPS) is 22.0. The fourth-order valence-electron chi connectivity index (χ4n) is 1.38. The Morgan fingerprint density at radius 3 is 2.11 bits per heavy atom. The predicted octanol–water partition coefficient (Wildman–Crippen LogP) is 1.82. The van der Waals surface area contributed by atoms with E-state index in [1.165, 1.54) is 25.8 Å². The molecule has 0 amide bonds. The molecule has 0 heterocycles. The van der Waals surface area contributed by atoms with Crippen molar-refractivity contribution in [3.8, 4) is 0 Å². The van der Waals surface area contributed by atoms with Gasteiger partial charge in [-0.1, -0.05) is 13.3 Å². The molecule has 0 aliphatic heterocycles. The van der Waals surface area contributed by atoms with Crippen molar-refractivity contribution in [1.82, 2.24) is 5.32 Å². The van der Waals surface area contributed by atoms with Crippen molar-refractivity contribution in [1.29, 1.82) is 0 Å². The highest BCUT2D eigenvalue weighted by molar-refractivity contribution is 5.85. The molecule has 1 fully saturated rings. The molecule has 0 unspecified atom stereocenters. The monoisotopic (exact) mass is 149 g/mol. The highest BCUT2D eigenvalue weighted by Gasteiger charge is 2.30. The quantitative estimate of drug-likeness (QED) is 0.632. The van der Waals surface area contributed by atoms with Crippen LogP contribution in [-0.2, 0) is 0 Å². The van der Waals surface area contributed by atoms with E-state index < -0.39 is 0 Å². The van der Waals surface area contributed by atoms with Crippen LogP contribution in [0.1, 0.15) is 26.2 Å². The van der Waals surface area contributed by atoms with Crippen LogP contribution < -0.4 is 5.32 Å². The Labute approximate surface area is 63.6 Å². The maximum atomic E-state index is 3.21. The average molecular weight is 150 g/mol. The van der Waals surface area contributed by atoms with Gasteiger partial charge in [-0.3, -0.25) is 0 Å². The van der Waals surface area contributed by atoms with Crippen molar-refractivity contribution < 1.29 is 0 Å². The predicted molar refractivity (Wildman–Crippen MR) is 43.1 cm³/mol. The van der Waals surface area contributed by atoms with Gasteiger partial charge in [-0.15, -0.1) is 12.4 Å². The van der Waals surface area contributed by atoms with Gasteiger partial charge in [-0.25, -0.2) is 0 Å². The van der Waals surface area contributed by atoms with Gasteiger partial charge in [0, 0.05) is 6.54 Å². The molecule has 0 aromatic carbocycles. The summed E-state index contributed by atoms with van der Waals surface area (Å²) in [5.41, 5.74) is 0.661. The molecule has 1 nitrogen and oxygen atoms in total. The standard InChI is InChI=1S/C7H15N.ClH/c1-7(6-8-2)4-3-5-7;/h8H,3-6H2,1-2H3;1H. The summed E-state index contributed by atoms with van der Waals surface area (Å²) < 4.78 is 0. The Morgan fingerprint density at radius 2 is 2.00 bits per heavy atom. The zero-order chi connectivity index (χ0) is 6.04. The van der Waals surface area contributed by atoms with Crippen LogP contribution in [0, 0.1) is 5.41 Å². The topological polar surface area (TPSA) is 12.0 Å². The third kappa shape index (κ3) is 2.15. The number of nitrogens with one attached hydrogen (secondary N) is 1. The second-order valence-corrected chi connectivity index (χ2v) is 3.19. The van der Waals surface area contributed by atoms with Crippen molar-refractivity contribution in [3.63, 3.8) is 0 Å². The second kappa shape index (κ2) is 3.43. The number of hydrogen-bond donors (Lipinski definition) is 1. The number of rotatable bonds is 2. The van der Waals surface area contributed by atoms with E-state index in [9.17, 15) is 0 Å². The molecule has 0 saturated heterocycles. The lowest BCUT2D eigenvalue weighted by Crippen LogP contribution is -2.35. The van der Waals surface area contributed by atoms with Crippen LogP contribution in [0.5, 0.6) is 0 Å². The van der Waals surface area contributed by atoms with Gasteiger partial charge in [0.25, 0.3) is 0 Å². The minimum absolute atomic E-state index is 0. The van der Waals surface area contributed by atoms with Gasteiger partial charge in [-0.2, -0.15) is 0 Å². The Morgan fingerprint density at radius 1 is 1.44 bits per heavy atom. The fourth-order valence-corrected chi connectivity index (χ4v) is 1.38. The van der Waals surface area contributed by atoms with Crippen LogP contribution in [-0.4, -0.2) is 13.6 Å². The maximum Gasteiger partial charge on any atom is 0.000216 e. The maximum absolute atomic E-state index is 3.21. The number of halogens is 1. The molecule has 2 heteroatoms. The molecule has 1 saturated carbocycles. The Bertz CT molecular complexity index is 79.0. The molecule has 1 aliphatic rings. The summed E-state index contributed by atoms with van der Waals surface area (Å²) in [5, 5.41) is 3.21. The summed E-state index contributed by atoms with van der Waals surface area (Å²) in [6.07, 6.45) is 4.29. The highest BCUT2D eigenvalue weighted by Crippen LogP contribution is 2.39. The van der Waals surface area contributed by atoms with Crippen LogP contribution in [0.15, 0.2) is 0 Å². The van der Waals surface area contributed by atoms with Crippen LogP contribution in [0.25, 0.3) is 0 Å². The van der Waals surface area contributed by atoms with Crippen molar-refractivity contribution in [3.05, 3.63) is 0 Å². The summed E-state index contributed by atoms with van der Waals surface area (Å²) in [6.45, 7) is 3.56. The van der Waals surface area contributed by atoms with E-state index in [-0.39, 0.29) is 12.4 Å². The molecule has 9 heavy (non-hydrogen) atoms. The van der Waals surface area contributed by atoms with Crippen LogP contribution >= 0.6 is 12.4 Å². The molecule has 0 aromatic rings. The van der Waals surface area contributed by atoms with E-state index in [0.29, 0.717) is 5.41 Å². The van der Waals surface area contributed by atoms with Crippen molar-refractivity contribution in [2.75, 3.05) is 13.6 Å². The van der Waals surface area contributed by atoms with E-state index >= 15 is 0 Å². The summed E-state index contributed by atoms with van der Waals surface area (Å²) in [6, 6.07) is 0. The van der Waals surface area contributed by atoms with E-state index in [4.69, 9.17) is 0 Å². The second-order valence-electron chi connectivity index (χ2n) is 3.19. The van der Waals surface area contributed by atoms with Gasteiger partial charge in [0.15, 0.2) is 0 Å². The molecule has 0 atom stereocenters. The molecular weight excluding hydrogens is 134 g/mol. The lowest BCUT2D eigenvalue weighted by Gasteiger charge is -2.38. The van der Waals surface area contributed by atoms with Crippen molar-refractivity contribution in [2.45, 2.75) is 26.2 Å². The summed E-state index contributed by atoms with van der Waals surface area (Å²) in [4.78, 5) is 0. The van der Waals surface area contributed by atoms with Crippen LogP contribution in [0.2, 0.25) is 0 Å². The SMILES string of the molecule is CNCC1(C)CCC1.Cl. The van der Waals surface area contributed by atoms with Gasteiger partial charge < -0.3 is 5.32 Å². The first-order valence-corrected chi connectivity index (χ1v) is 3.41. The number of hydrogen-bond acceptors (Lipinski definition) is 1. The first kappa shape index (κ1) is 9.25. The third-order valence-corrected chi connectivity index (χ3v) is 2.16. The minimum Gasteiger partial charge on any atom is -0.319 e. The van der Waals surface area contributed by atoms with Crippen LogP contribution in [0.4, 0.5) is 0 Å². The zero-order valence-electron chi connectivity index (χ0n) is 6.24. The molecule has 0 aromatic heterocycles. The first-order valence-electron chi connectivity index (χ1n) is 3.41. The van der Waals surface area contributed by atoms with Gasteiger partial charge in [-0.05, 0) is 25.3 Å². The first-order chi connectivity index (χ1) is 3.77. The summed E-state index contributed by atoms with van der Waals surface area (Å²) in [7, 11) is 2.03. The van der Waals surface area contributed by atoms with E-state index in [0.717, 1.165) is 0 Å². The van der Waals surface area contributed by atoms with Gasteiger partial charge >= 0.3 is 0 Å². The van der Waals surface area contributed by atoms with E-state index in [1.54, 1.807) is 0 Å². The largest absolute Gasteiger partial charge is 0.319 e. The molecule has 0 radical (unpaired) electrons. The molecule has 1 rings (SSSR count). The van der Waals surface area contributed by atoms with E-state index in [1.807, 2.05) is 7.05 Å². The lowest BCUT2D eigenvalue weighted by atomic mass is 9.70. The van der Waals surface area contributed by atoms with Gasteiger partial charge in [0.05, 0.1) is 0 Å². The smallest absolute Gasteiger partial charge is 0.000216 e. The Hall–Kier alpha value is 0.250. The van der Waals surface area contributed by atoms with Gasteiger partial charge in [0.1, 0.15) is 0 Å². The van der Waals surface area contributed by atoms with Crippen molar-refractivity contribution >= 4 is 12.4 Å². The van der Waals surface area contributed by atoms with E-state index in [2.05, 4.69) is 12.2 Å². The minimum atomic E-state index is 0. The molecule has 56 valence electrons. The molecule has 1 N–H and O–H groups in total. The zero-order valence-corrected chi connectivity index (χ0v) is 7.05. The molecule has 0 spiro atoms. The van der Waals surface area contributed by atoms with Crippen molar-refractivity contribution in [2.24, 2.45) is 5.41 Å². The Balaban J connectivity index is 0.000000640. The molecular formula is C7H16ClN. The molecule has 0 bridgehead atoms. The summed E-state index contributed by atoms with van der Waals surface area (Å²) in [5.74, 6) is 0. The van der Waals surface area contributed by atoms with Crippen LogP contribution in [0.3, 0.4) is 0 Å². The Kier molecular flexibility index (Phi) is 3.52. The third-order valence-electron chi connectivity index (χ3n) is 2.16.